The Morgan fingerprint density at radius 1 is 1.16 bits per heavy atom. The topological polar surface area (TPSA) is 110 Å². The summed E-state index contributed by atoms with van der Waals surface area (Å²) in [6.07, 6.45) is 6.78. The molecule has 2 fully saturated rings. The first kappa shape index (κ1) is 22.7. The zero-order chi connectivity index (χ0) is 22.5. The van der Waals surface area contributed by atoms with Gasteiger partial charge < -0.3 is 31.3 Å². The second-order valence-corrected chi connectivity index (χ2v) is 9.60. The summed E-state index contributed by atoms with van der Waals surface area (Å²) in [5.41, 5.74) is 12.7. The lowest BCUT2D eigenvalue weighted by molar-refractivity contribution is -0.114. The maximum atomic E-state index is 11.7. The molecule has 1 saturated carbocycles. The molecule has 0 atom stereocenters. The molecule has 9 heteroatoms. The van der Waals surface area contributed by atoms with E-state index in [0.717, 1.165) is 60.4 Å². The molecule has 1 aliphatic heterocycles. The van der Waals surface area contributed by atoms with Gasteiger partial charge in [0.05, 0.1) is 12.6 Å². The maximum Gasteiger partial charge on any atom is 0.238 e. The first-order valence-corrected chi connectivity index (χ1v) is 12.0. The number of carbonyl (C=O) groups excluding carboxylic acids is 1. The first-order valence-electron chi connectivity index (χ1n) is 11.2. The van der Waals surface area contributed by atoms with Crippen molar-refractivity contribution in [2.75, 3.05) is 55.7 Å². The van der Waals surface area contributed by atoms with Crippen molar-refractivity contribution in [1.82, 2.24) is 9.88 Å². The number of ether oxygens (including phenoxy) is 1. The van der Waals surface area contributed by atoms with Crippen LogP contribution in [0.15, 0.2) is 40.3 Å². The number of amides is 1. The quantitative estimate of drug-likeness (QED) is 0.546. The summed E-state index contributed by atoms with van der Waals surface area (Å²) >= 11 is 1.55. The number of nitrogens with zero attached hydrogens (tertiary/aromatic N) is 3. The Labute approximate surface area is 193 Å². The lowest BCUT2D eigenvalue weighted by atomic mass is 10.3. The Bertz CT molecular complexity index is 942. The summed E-state index contributed by atoms with van der Waals surface area (Å²) in [7, 11) is 2.15. The third kappa shape index (κ3) is 5.85. The van der Waals surface area contributed by atoms with E-state index in [-0.39, 0.29) is 18.6 Å². The minimum absolute atomic E-state index is 0.0726. The number of nitrogen functional groups attached to an aromatic ring is 1. The fourth-order valence-electron chi connectivity index (χ4n) is 4.10. The third-order valence-corrected chi connectivity index (χ3v) is 6.77. The predicted molar refractivity (Wildman–Crippen MR) is 129 cm³/mol. The molecule has 0 spiro atoms. The van der Waals surface area contributed by atoms with E-state index in [1.54, 1.807) is 17.8 Å². The second kappa shape index (κ2) is 10.4. The van der Waals surface area contributed by atoms with Gasteiger partial charge in [-0.2, -0.15) is 0 Å². The van der Waals surface area contributed by atoms with E-state index in [1.807, 2.05) is 18.3 Å². The zero-order valence-corrected chi connectivity index (χ0v) is 19.4. The summed E-state index contributed by atoms with van der Waals surface area (Å²) < 4.78 is 6.45. The summed E-state index contributed by atoms with van der Waals surface area (Å²) in [6, 6.07) is 7.58. The highest BCUT2D eigenvalue weighted by Gasteiger charge is 2.23. The van der Waals surface area contributed by atoms with Crippen molar-refractivity contribution in [3.8, 4) is 5.75 Å². The van der Waals surface area contributed by atoms with Crippen LogP contribution in [0.2, 0.25) is 0 Å². The van der Waals surface area contributed by atoms with Gasteiger partial charge in [0.25, 0.3) is 0 Å². The SMILES string of the molecule is CN1CCN(c2ncc(Sc3cc(N)cc(NC(=O)CN)c3)cc2OC2CCCC2)CC1. The van der Waals surface area contributed by atoms with Crippen LogP contribution in [0, 0.1) is 0 Å². The molecular formula is C23H32N6O2S. The average molecular weight is 457 g/mol. The van der Waals surface area contributed by atoms with Crippen molar-refractivity contribution >= 4 is 34.9 Å². The van der Waals surface area contributed by atoms with Gasteiger partial charge in [-0.15, -0.1) is 0 Å². The summed E-state index contributed by atoms with van der Waals surface area (Å²) in [6.45, 7) is 3.84. The number of nitrogens with one attached hydrogen (secondary N) is 1. The van der Waals surface area contributed by atoms with Crippen LogP contribution in [0.1, 0.15) is 25.7 Å². The van der Waals surface area contributed by atoms with E-state index in [4.69, 9.17) is 21.2 Å². The largest absolute Gasteiger partial charge is 0.487 e. The van der Waals surface area contributed by atoms with Crippen LogP contribution < -0.4 is 26.4 Å². The smallest absolute Gasteiger partial charge is 0.238 e. The van der Waals surface area contributed by atoms with Crippen LogP contribution in [-0.2, 0) is 4.79 Å². The van der Waals surface area contributed by atoms with Gasteiger partial charge in [0.1, 0.15) is 0 Å². The van der Waals surface area contributed by atoms with Gasteiger partial charge in [-0.1, -0.05) is 11.8 Å². The van der Waals surface area contributed by atoms with Crippen molar-refractivity contribution in [3.63, 3.8) is 0 Å². The van der Waals surface area contributed by atoms with Gasteiger partial charge in [-0.3, -0.25) is 4.79 Å². The second-order valence-electron chi connectivity index (χ2n) is 8.45. The molecule has 1 aromatic heterocycles. The number of hydrogen-bond acceptors (Lipinski definition) is 8. The molecule has 4 rings (SSSR count). The minimum Gasteiger partial charge on any atom is -0.487 e. The first-order chi connectivity index (χ1) is 15.5. The monoisotopic (exact) mass is 456 g/mol. The number of rotatable bonds is 7. The van der Waals surface area contributed by atoms with Gasteiger partial charge >= 0.3 is 0 Å². The van der Waals surface area contributed by atoms with Gasteiger partial charge in [-0.25, -0.2) is 4.98 Å². The van der Waals surface area contributed by atoms with Crippen LogP contribution in [0.5, 0.6) is 5.75 Å². The fourth-order valence-corrected chi connectivity index (χ4v) is 5.03. The lowest BCUT2D eigenvalue weighted by Crippen LogP contribution is -2.45. The van der Waals surface area contributed by atoms with E-state index in [0.29, 0.717) is 11.4 Å². The molecule has 0 bridgehead atoms. The Morgan fingerprint density at radius 2 is 1.91 bits per heavy atom. The van der Waals surface area contributed by atoms with E-state index >= 15 is 0 Å². The molecule has 1 aliphatic carbocycles. The van der Waals surface area contributed by atoms with Gasteiger partial charge in [0.15, 0.2) is 11.6 Å². The van der Waals surface area contributed by atoms with Crippen LogP contribution >= 0.6 is 11.8 Å². The molecule has 2 aromatic rings. The van der Waals surface area contributed by atoms with Crippen molar-refractivity contribution in [2.45, 2.75) is 41.6 Å². The van der Waals surface area contributed by atoms with Gasteiger partial charge in [0, 0.05) is 53.5 Å². The number of hydrogen-bond donors (Lipinski definition) is 3. The number of anilines is 3. The Balaban J connectivity index is 1.57. The minimum atomic E-state index is -0.253. The summed E-state index contributed by atoms with van der Waals surface area (Å²) in [5, 5.41) is 2.77. The van der Waals surface area contributed by atoms with E-state index in [9.17, 15) is 4.79 Å². The molecule has 2 aliphatic rings. The van der Waals surface area contributed by atoms with Crippen molar-refractivity contribution in [1.29, 1.82) is 0 Å². The van der Waals surface area contributed by atoms with Crippen molar-refractivity contribution < 1.29 is 9.53 Å². The normalized spacial score (nSPS) is 17.5. The van der Waals surface area contributed by atoms with E-state index in [1.165, 1.54) is 12.8 Å². The molecule has 1 saturated heterocycles. The summed E-state index contributed by atoms with van der Waals surface area (Å²) in [5.74, 6) is 1.53. The van der Waals surface area contributed by atoms with Gasteiger partial charge in [-0.05, 0) is 57.0 Å². The highest BCUT2D eigenvalue weighted by molar-refractivity contribution is 7.99. The highest BCUT2D eigenvalue weighted by Crippen LogP contribution is 2.37. The lowest BCUT2D eigenvalue weighted by Gasteiger charge is -2.34. The van der Waals surface area contributed by atoms with Crippen LogP contribution in [-0.4, -0.2) is 61.7 Å². The zero-order valence-electron chi connectivity index (χ0n) is 18.5. The average Bonchev–Trinajstić information content (AvgIpc) is 3.27. The highest BCUT2D eigenvalue weighted by atomic mass is 32.2. The predicted octanol–water partition coefficient (Wildman–Crippen LogP) is 2.79. The fraction of sp³-hybridized carbons (Fsp3) is 0.478. The van der Waals surface area contributed by atoms with Crippen LogP contribution in [0.3, 0.4) is 0 Å². The number of pyridine rings is 1. The van der Waals surface area contributed by atoms with Crippen molar-refractivity contribution in [2.24, 2.45) is 5.73 Å². The van der Waals surface area contributed by atoms with E-state index in [2.05, 4.69) is 28.2 Å². The number of likely N-dealkylation sites (N-methyl/N-ethyl adjacent to an activating group) is 1. The van der Waals surface area contributed by atoms with Crippen LogP contribution in [0.25, 0.3) is 0 Å². The standard InChI is InChI=1S/C23H32N6O2S/c1-28-6-8-29(9-7-28)23-21(31-18-4-2-3-5-18)13-20(15-26-23)32-19-11-16(25)10-17(12-19)27-22(30)14-24/h10-13,15,18H,2-9,14,24-25H2,1H3,(H,27,30). The Kier molecular flexibility index (Phi) is 7.39. The Hall–Kier alpha value is -2.49. The molecule has 0 radical (unpaired) electrons. The molecule has 1 aromatic carbocycles. The molecule has 172 valence electrons. The maximum absolute atomic E-state index is 11.7. The van der Waals surface area contributed by atoms with E-state index < -0.39 is 0 Å². The molecule has 8 nitrogen and oxygen atoms in total. The number of benzene rings is 1. The third-order valence-electron chi connectivity index (χ3n) is 5.84. The molecular weight excluding hydrogens is 424 g/mol. The molecule has 5 N–H and O–H groups in total. The Morgan fingerprint density at radius 3 is 2.62 bits per heavy atom. The molecule has 32 heavy (non-hydrogen) atoms. The van der Waals surface area contributed by atoms with Crippen LogP contribution in [0.4, 0.5) is 17.2 Å². The molecule has 0 unspecified atom stereocenters. The number of carbonyl (C=O) groups is 1. The van der Waals surface area contributed by atoms with Crippen molar-refractivity contribution in [3.05, 3.63) is 30.5 Å². The number of piperazine rings is 1. The number of nitrogens with two attached hydrogens (primary N) is 2. The molecule has 1 amide bonds. The number of aromatic nitrogens is 1. The molecule has 2 heterocycles. The van der Waals surface area contributed by atoms with Gasteiger partial charge in [0.2, 0.25) is 5.91 Å². The summed E-state index contributed by atoms with van der Waals surface area (Å²) in [4.78, 5) is 23.0.